The molecular formula is C14H19N5. The summed E-state index contributed by atoms with van der Waals surface area (Å²) in [5.41, 5.74) is 2.05. The molecule has 0 radical (unpaired) electrons. The van der Waals surface area contributed by atoms with Gasteiger partial charge in [0.25, 0.3) is 0 Å². The van der Waals surface area contributed by atoms with E-state index < -0.39 is 0 Å². The minimum atomic E-state index is 0.640. The molecule has 2 rings (SSSR count). The molecule has 0 aromatic carbocycles. The summed E-state index contributed by atoms with van der Waals surface area (Å²) in [5, 5.41) is 9.70. The molecule has 19 heavy (non-hydrogen) atoms. The van der Waals surface area contributed by atoms with Crippen molar-refractivity contribution >= 4 is 12.2 Å². The number of guanidine groups is 1. The highest BCUT2D eigenvalue weighted by atomic mass is 15.2. The van der Waals surface area contributed by atoms with Crippen LogP contribution in [0.2, 0.25) is 0 Å². The highest BCUT2D eigenvalue weighted by Gasteiger charge is 2.12. The van der Waals surface area contributed by atoms with Crippen molar-refractivity contribution in [3.63, 3.8) is 0 Å². The molecule has 0 aromatic rings. The second-order valence-corrected chi connectivity index (χ2v) is 4.07. The first kappa shape index (κ1) is 13.1. The highest BCUT2D eigenvalue weighted by Crippen LogP contribution is 2.10. The normalized spacial score (nSPS) is 23.1. The molecule has 3 N–H and O–H groups in total. The number of hydrogen-bond donors (Lipinski definition) is 3. The molecule has 5 heteroatoms. The molecule has 0 aliphatic carbocycles. The SMILES string of the molecule is C\C=C/C=C1/NC(NC2=NCCC=N2)=CN/C1=C/C. The van der Waals surface area contributed by atoms with Crippen molar-refractivity contribution in [2.75, 3.05) is 6.54 Å². The first-order valence-electron chi connectivity index (χ1n) is 6.41. The lowest BCUT2D eigenvalue weighted by Gasteiger charge is -2.23. The predicted molar refractivity (Wildman–Crippen MR) is 79.6 cm³/mol. The van der Waals surface area contributed by atoms with Crippen LogP contribution in [0.1, 0.15) is 20.3 Å². The molecule has 0 saturated heterocycles. The van der Waals surface area contributed by atoms with Crippen molar-refractivity contribution in [2.24, 2.45) is 9.98 Å². The average Bonchev–Trinajstić information content (AvgIpc) is 2.46. The van der Waals surface area contributed by atoms with Crippen molar-refractivity contribution in [2.45, 2.75) is 20.3 Å². The van der Waals surface area contributed by atoms with Crippen LogP contribution in [0.5, 0.6) is 0 Å². The van der Waals surface area contributed by atoms with Gasteiger partial charge in [-0.05, 0) is 19.9 Å². The number of nitrogens with one attached hydrogen (secondary N) is 3. The molecule has 2 aliphatic heterocycles. The van der Waals surface area contributed by atoms with Crippen molar-refractivity contribution in [1.29, 1.82) is 0 Å². The Kier molecular flexibility index (Phi) is 4.55. The molecular weight excluding hydrogens is 238 g/mol. The predicted octanol–water partition coefficient (Wildman–Crippen LogP) is 1.76. The van der Waals surface area contributed by atoms with Crippen LogP contribution in [-0.4, -0.2) is 18.7 Å². The highest BCUT2D eigenvalue weighted by molar-refractivity contribution is 5.90. The molecule has 0 amide bonds. The summed E-state index contributed by atoms with van der Waals surface area (Å²) in [5.74, 6) is 1.47. The number of hydrogen-bond acceptors (Lipinski definition) is 5. The molecule has 0 fully saturated rings. The Morgan fingerprint density at radius 2 is 2.21 bits per heavy atom. The zero-order chi connectivity index (χ0) is 13.5. The first-order valence-corrected chi connectivity index (χ1v) is 6.41. The summed E-state index contributed by atoms with van der Waals surface area (Å²) in [6, 6.07) is 0. The third kappa shape index (κ3) is 3.58. The maximum Gasteiger partial charge on any atom is 0.223 e. The van der Waals surface area contributed by atoms with E-state index in [2.05, 4.69) is 25.9 Å². The van der Waals surface area contributed by atoms with Crippen LogP contribution in [0, 0.1) is 0 Å². The van der Waals surface area contributed by atoms with Crippen LogP contribution in [0.15, 0.2) is 57.7 Å². The Morgan fingerprint density at radius 1 is 1.32 bits per heavy atom. The van der Waals surface area contributed by atoms with Gasteiger partial charge in [0.2, 0.25) is 5.96 Å². The van der Waals surface area contributed by atoms with Gasteiger partial charge in [-0.2, -0.15) is 0 Å². The molecule has 0 atom stereocenters. The molecule has 2 heterocycles. The van der Waals surface area contributed by atoms with Crippen LogP contribution in [0.3, 0.4) is 0 Å². The summed E-state index contributed by atoms with van der Waals surface area (Å²) in [6.07, 6.45) is 12.7. The van der Waals surface area contributed by atoms with Gasteiger partial charge in [0.1, 0.15) is 5.82 Å². The van der Waals surface area contributed by atoms with Gasteiger partial charge in [0.15, 0.2) is 0 Å². The lowest BCUT2D eigenvalue weighted by molar-refractivity contribution is 0.795. The third-order valence-corrected chi connectivity index (χ3v) is 2.66. The maximum absolute atomic E-state index is 4.30. The van der Waals surface area contributed by atoms with Crippen molar-refractivity contribution in [3.05, 3.63) is 47.7 Å². The van der Waals surface area contributed by atoms with E-state index >= 15 is 0 Å². The number of nitrogens with zero attached hydrogens (tertiary/aromatic N) is 2. The monoisotopic (exact) mass is 257 g/mol. The van der Waals surface area contributed by atoms with E-state index in [1.54, 1.807) is 0 Å². The largest absolute Gasteiger partial charge is 0.357 e. The van der Waals surface area contributed by atoms with Gasteiger partial charge in [-0.3, -0.25) is 4.99 Å². The van der Waals surface area contributed by atoms with Gasteiger partial charge >= 0.3 is 0 Å². The third-order valence-electron chi connectivity index (χ3n) is 2.66. The van der Waals surface area contributed by atoms with E-state index in [4.69, 9.17) is 0 Å². The number of allylic oxidation sites excluding steroid dienone is 4. The fraction of sp³-hybridized carbons (Fsp3) is 0.286. The van der Waals surface area contributed by atoms with Gasteiger partial charge < -0.3 is 16.0 Å². The molecule has 0 saturated carbocycles. The summed E-state index contributed by atoms with van der Waals surface area (Å²) < 4.78 is 0. The van der Waals surface area contributed by atoms with Crippen LogP contribution >= 0.6 is 0 Å². The van der Waals surface area contributed by atoms with E-state index in [1.807, 2.05) is 50.6 Å². The molecule has 100 valence electrons. The smallest absolute Gasteiger partial charge is 0.223 e. The Hall–Kier alpha value is -2.30. The summed E-state index contributed by atoms with van der Waals surface area (Å²) in [6.45, 7) is 4.77. The Bertz CT molecular complexity index is 506. The van der Waals surface area contributed by atoms with Crippen LogP contribution < -0.4 is 16.0 Å². The van der Waals surface area contributed by atoms with E-state index in [-0.39, 0.29) is 0 Å². The molecule has 2 aliphatic rings. The lowest BCUT2D eigenvalue weighted by Crippen LogP contribution is -2.37. The molecule has 5 nitrogen and oxygen atoms in total. The van der Waals surface area contributed by atoms with Crippen LogP contribution in [-0.2, 0) is 0 Å². The van der Waals surface area contributed by atoms with Gasteiger partial charge in [-0.25, -0.2) is 4.99 Å². The van der Waals surface area contributed by atoms with E-state index in [0.717, 1.165) is 30.2 Å². The van der Waals surface area contributed by atoms with Crippen LogP contribution in [0.4, 0.5) is 0 Å². The molecule has 0 aromatic heterocycles. The molecule has 0 unspecified atom stereocenters. The Morgan fingerprint density at radius 3 is 2.89 bits per heavy atom. The quantitative estimate of drug-likeness (QED) is 0.706. The van der Waals surface area contributed by atoms with Crippen molar-refractivity contribution in [1.82, 2.24) is 16.0 Å². The summed E-state index contributed by atoms with van der Waals surface area (Å²) >= 11 is 0. The van der Waals surface area contributed by atoms with Gasteiger partial charge in [-0.1, -0.05) is 18.2 Å². The standard InChI is InChI=1S/C14H19N5/c1-3-5-7-12-11(4-2)17-10-13(18-12)19-14-15-8-6-9-16-14/h3-5,7-8,10,17-18H,6,9H2,1-2H3,(H,16,19)/b5-3-,11-4+,12-7+. The summed E-state index contributed by atoms with van der Waals surface area (Å²) in [7, 11) is 0. The zero-order valence-electron chi connectivity index (χ0n) is 11.3. The lowest BCUT2D eigenvalue weighted by atomic mass is 10.2. The molecule has 0 bridgehead atoms. The topological polar surface area (TPSA) is 60.8 Å². The molecule has 0 spiro atoms. The van der Waals surface area contributed by atoms with Gasteiger partial charge in [0, 0.05) is 25.4 Å². The zero-order valence-corrected chi connectivity index (χ0v) is 11.3. The average molecular weight is 257 g/mol. The van der Waals surface area contributed by atoms with Gasteiger partial charge in [-0.15, -0.1) is 0 Å². The second kappa shape index (κ2) is 6.58. The number of aliphatic imine (C=N–C) groups is 2. The summed E-state index contributed by atoms with van der Waals surface area (Å²) in [4.78, 5) is 8.51. The first-order chi connectivity index (χ1) is 9.33. The van der Waals surface area contributed by atoms with E-state index in [9.17, 15) is 0 Å². The fourth-order valence-corrected chi connectivity index (χ4v) is 1.72. The van der Waals surface area contributed by atoms with Crippen LogP contribution in [0.25, 0.3) is 0 Å². The Labute approximate surface area is 113 Å². The van der Waals surface area contributed by atoms with E-state index in [1.165, 1.54) is 0 Å². The van der Waals surface area contributed by atoms with Crippen molar-refractivity contribution in [3.8, 4) is 0 Å². The maximum atomic E-state index is 4.30. The number of rotatable bonds is 2. The fourth-order valence-electron chi connectivity index (χ4n) is 1.72. The minimum absolute atomic E-state index is 0.640. The van der Waals surface area contributed by atoms with Crippen molar-refractivity contribution < 1.29 is 0 Å². The minimum Gasteiger partial charge on any atom is -0.357 e. The Balaban J connectivity index is 2.09. The van der Waals surface area contributed by atoms with E-state index in [0.29, 0.717) is 5.96 Å². The second-order valence-electron chi connectivity index (χ2n) is 4.07. The van der Waals surface area contributed by atoms with Gasteiger partial charge in [0.05, 0.1) is 11.4 Å².